The summed E-state index contributed by atoms with van der Waals surface area (Å²) in [6, 6.07) is 9.45. The number of carbonyl (C=O) groups excluding carboxylic acids is 1. The lowest BCUT2D eigenvalue weighted by atomic mass is 10.0. The van der Waals surface area contributed by atoms with Crippen LogP contribution in [0.2, 0.25) is 0 Å². The lowest BCUT2D eigenvalue weighted by molar-refractivity contribution is -0.121. The first-order chi connectivity index (χ1) is 8.53. The third kappa shape index (κ3) is 3.77. The largest absolute Gasteiger partial charge is 0.497 e. The molecule has 0 heterocycles. The molecule has 0 spiro atoms. The van der Waals surface area contributed by atoms with E-state index in [1.54, 1.807) is 14.0 Å². The van der Waals surface area contributed by atoms with Crippen molar-refractivity contribution >= 4 is 5.91 Å². The van der Waals surface area contributed by atoms with Crippen LogP contribution in [0.5, 0.6) is 5.75 Å². The van der Waals surface area contributed by atoms with Crippen molar-refractivity contribution in [3.05, 3.63) is 29.8 Å². The van der Waals surface area contributed by atoms with E-state index in [1.807, 2.05) is 31.2 Å². The van der Waals surface area contributed by atoms with Gasteiger partial charge >= 0.3 is 0 Å². The standard InChI is InChI=1S/C14H18N2O2/c1-4-14(2,10-15)16-13(17)9-11-6-5-7-12(8-11)18-3/h5-8H,4,9H2,1-3H3,(H,16,17). The summed E-state index contributed by atoms with van der Waals surface area (Å²) in [4.78, 5) is 11.8. The van der Waals surface area contributed by atoms with Crippen LogP contribution < -0.4 is 10.1 Å². The van der Waals surface area contributed by atoms with Crippen molar-refractivity contribution in [2.75, 3.05) is 7.11 Å². The molecule has 1 N–H and O–H groups in total. The molecule has 18 heavy (non-hydrogen) atoms. The number of hydrogen-bond acceptors (Lipinski definition) is 3. The van der Waals surface area contributed by atoms with Crippen LogP contribution in [0.4, 0.5) is 0 Å². The Bertz CT molecular complexity index is 465. The summed E-state index contributed by atoms with van der Waals surface area (Å²) in [5, 5.41) is 11.7. The minimum Gasteiger partial charge on any atom is -0.497 e. The summed E-state index contributed by atoms with van der Waals surface area (Å²) in [5.74, 6) is 0.563. The van der Waals surface area contributed by atoms with Crippen molar-refractivity contribution in [1.29, 1.82) is 5.26 Å². The summed E-state index contributed by atoms with van der Waals surface area (Å²) < 4.78 is 5.10. The summed E-state index contributed by atoms with van der Waals surface area (Å²) in [5.41, 5.74) is 0.0684. The topological polar surface area (TPSA) is 62.1 Å². The van der Waals surface area contributed by atoms with E-state index in [1.165, 1.54) is 0 Å². The molecule has 1 unspecified atom stereocenters. The molecule has 96 valence electrons. The fourth-order valence-corrected chi connectivity index (χ4v) is 1.52. The van der Waals surface area contributed by atoms with Gasteiger partial charge in [-0.05, 0) is 31.0 Å². The number of rotatable bonds is 5. The van der Waals surface area contributed by atoms with Crippen LogP contribution in [0.25, 0.3) is 0 Å². The number of hydrogen-bond donors (Lipinski definition) is 1. The fraction of sp³-hybridized carbons (Fsp3) is 0.429. The Kier molecular flexibility index (Phi) is 4.73. The van der Waals surface area contributed by atoms with Crippen LogP contribution >= 0.6 is 0 Å². The normalized spacial score (nSPS) is 13.2. The van der Waals surface area contributed by atoms with E-state index in [4.69, 9.17) is 10.00 Å². The molecule has 0 saturated carbocycles. The van der Waals surface area contributed by atoms with Crippen LogP contribution in [-0.4, -0.2) is 18.6 Å². The fourth-order valence-electron chi connectivity index (χ4n) is 1.52. The monoisotopic (exact) mass is 246 g/mol. The first kappa shape index (κ1) is 14.0. The van der Waals surface area contributed by atoms with Gasteiger partial charge in [0.05, 0.1) is 19.6 Å². The molecular weight excluding hydrogens is 228 g/mol. The highest BCUT2D eigenvalue weighted by atomic mass is 16.5. The lowest BCUT2D eigenvalue weighted by Crippen LogP contribution is -2.44. The molecule has 0 aliphatic heterocycles. The van der Waals surface area contributed by atoms with Gasteiger partial charge in [0.25, 0.3) is 0 Å². The zero-order valence-corrected chi connectivity index (χ0v) is 11.0. The number of ether oxygens (including phenoxy) is 1. The first-order valence-electron chi connectivity index (χ1n) is 5.88. The maximum absolute atomic E-state index is 11.8. The Labute approximate surface area is 108 Å². The molecule has 4 heteroatoms. The van der Waals surface area contributed by atoms with Gasteiger partial charge in [-0.25, -0.2) is 0 Å². The quantitative estimate of drug-likeness (QED) is 0.864. The Morgan fingerprint density at radius 2 is 2.28 bits per heavy atom. The molecule has 0 saturated heterocycles. The van der Waals surface area contributed by atoms with E-state index in [2.05, 4.69) is 11.4 Å². The van der Waals surface area contributed by atoms with Crippen LogP contribution in [0, 0.1) is 11.3 Å². The van der Waals surface area contributed by atoms with Gasteiger partial charge in [-0.15, -0.1) is 0 Å². The summed E-state index contributed by atoms with van der Waals surface area (Å²) in [7, 11) is 1.59. The van der Waals surface area contributed by atoms with E-state index in [9.17, 15) is 4.79 Å². The zero-order valence-electron chi connectivity index (χ0n) is 11.0. The SMILES string of the molecule is CCC(C)(C#N)NC(=O)Cc1cccc(OC)c1. The van der Waals surface area contributed by atoms with Crippen molar-refractivity contribution in [2.24, 2.45) is 0 Å². The predicted molar refractivity (Wildman–Crippen MR) is 69.1 cm³/mol. The Morgan fingerprint density at radius 3 is 2.83 bits per heavy atom. The van der Waals surface area contributed by atoms with Crippen molar-refractivity contribution in [3.63, 3.8) is 0 Å². The molecule has 4 nitrogen and oxygen atoms in total. The van der Waals surface area contributed by atoms with E-state index in [0.717, 1.165) is 11.3 Å². The zero-order chi connectivity index (χ0) is 13.6. The number of benzene rings is 1. The van der Waals surface area contributed by atoms with E-state index >= 15 is 0 Å². The number of nitrogens with zero attached hydrogens (tertiary/aromatic N) is 1. The second-order valence-electron chi connectivity index (χ2n) is 4.37. The van der Waals surface area contributed by atoms with Crippen LogP contribution in [0.3, 0.4) is 0 Å². The number of methoxy groups -OCH3 is 1. The van der Waals surface area contributed by atoms with Crippen LogP contribution in [-0.2, 0) is 11.2 Å². The Hall–Kier alpha value is -2.02. The average molecular weight is 246 g/mol. The van der Waals surface area contributed by atoms with Gasteiger partial charge in [0, 0.05) is 0 Å². The highest BCUT2D eigenvalue weighted by Gasteiger charge is 2.23. The summed E-state index contributed by atoms with van der Waals surface area (Å²) in [6.07, 6.45) is 0.821. The summed E-state index contributed by atoms with van der Waals surface area (Å²) >= 11 is 0. The molecule has 1 aromatic rings. The molecule has 0 aromatic heterocycles. The number of amides is 1. The van der Waals surface area contributed by atoms with Gasteiger partial charge in [0.15, 0.2) is 0 Å². The number of nitriles is 1. The van der Waals surface area contributed by atoms with Crippen LogP contribution in [0.1, 0.15) is 25.8 Å². The van der Waals surface area contributed by atoms with Gasteiger partial charge in [-0.1, -0.05) is 19.1 Å². The number of carbonyl (C=O) groups is 1. The highest BCUT2D eigenvalue weighted by molar-refractivity contribution is 5.79. The third-order valence-corrected chi connectivity index (χ3v) is 2.87. The van der Waals surface area contributed by atoms with Crippen molar-refractivity contribution in [1.82, 2.24) is 5.32 Å². The highest BCUT2D eigenvalue weighted by Crippen LogP contribution is 2.14. The lowest BCUT2D eigenvalue weighted by Gasteiger charge is -2.21. The predicted octanol–water partition coefficient (Wildman–Crippen LogP) is 2.05. The Morgan fingerprint density at radius 1 is 1.56 bits per heavy atom. The smallest absolute Gasteiger partial charge is 0.225 e. The molecule has 0 bridgehead atoms. The van der Waals surface area contributed by atoms with Crippen molar-refractivity contribution < 1.29 is 9.53 Å². The molecule has 1 atom stereocenters. The molecule has 0 radical (unpaired) electrons. The van der Waals surface area contributed by atoms with E-state index in [-0.39, 0.29) is 12.3 Å². The maximum Gasteiger partial charge on any atom is 0.225 e. The second-order valence-corrected chi connectivity index (χ2v) is 4.37. The average Bonchev–Trinajstić information content (AvgIpc) is 2.38. The number of nitrogens with one attached hydrogen (secondary N) is 1. The maximum atomic E-state index is 11.8. The van der Waals surface area contributed by atoms with Crippen LogP contribution in [0.15, 0.2) is 24.3 Å². The molecule has 0 aliphatic carbocycles. The minimum absolute atomic E-state index is 0.158. The van der Waals surface area contributed by atoms with Crippen molar-refractivity contribution in [3.8, 4) is 11.8 Å². The molecule has 0 fully saturated rings. The van der Waals surface area contributed by atoms with Gasteiger partial charge < -0.3 is 10.1 Å². The second kappa shape index (κ2) is 6.06. The van der Waals surface area contributed by atoms with Gasteiger partial charge in [-0.3, -0.25) is 4.79 Å². The molecule has 1 rings (SSSR count). The molecule has 0 aliphatic rings. The molecular formula is C14H18N2O2. The Balaban J connectivity index is 2.68. The minimum atomic E-state index is -0.796. The third-order valence-electron chi connectivity index (χ3n) is 2.87. The molecule has 1 amide bonds. The summed E-state index contributed by atoms with van der Waals surface area (Å²) in [6.45, 7) is 3.59. The first-order valence-corrected chi connectivity index (χ1v) is 5.88. The van der Waals surface area contributed by atoms with Gasteiger partial charge in [0.2, 0.25) is 5.91 Å². The van der Waals surface area contributed by atoms with Gasteiger partial charge in [0.1, 0.15) is 11.3 Å². The van der Waals surface area contributed by atoms with E-state index < -0.39 is 5.54 Å². The van der Waals surface area contributed by atoms with Crippen molar-refractivity contribution in [2.45, 2.75) is 32.2 Å². The van der Waals surface area contributed by atoms with E-state index in [0.29, 0.717) is 6.42 Å². The van der Waals surface area contributed by atoms with Gasteiger partial charge in [-0.2, -0.15) is 5.26 Å². The molecule has 1 aromatic carbocycles.